The maximum absolute atomic E-state index is 5.68. The first-order valence-corrected chi connectivity index (χ1v) is 9.06. The number of rotatable bonds is 9. The lowest BCUT2D eigenvalue weighted by Gasteiger charge is -2.21. The van der Waals surface area contributed by atoms with E-state index in [-0.39, 0.29) is 37.2 Å². The van der Waals surface area contributed by atoms with Crippen molar-refractivity contribution in [3.8, 4) is 0 Å². The van der Waals surface area contributed by atoms with Crippen LogP contribution in [-0.4, -0.2) is 44.2 Å². The van der Waals surface area contributed by atoms with Crippen molar-refractivity contribution >= 4 is 58.8 Å². The van der Waals surface area contributed by atoms with Gasteiger partial charge in [-0.2, -0.15) is 0 Å². The van der Waals surface area contributed by atoms with Crippen molar-refractivity contribution in [1.82, 2.24) is 10.2 Å². The molecular weight excluding hydrogens is 415 g/mol. The Bertz CT molecular complexity index is 769. The van der Waals surface area contributed by atoms with Gasteiger partial charge in [0.15, 0.2) is 0 Å². The highest BCUT2D eigenvalue weighted by Crippen LogP contribution is 2.28. The summed E-state index contributed by atoms with van der Waals surface area (Å²) in [5.41, 5.74) is 12.7. The summed E-state index contributed by atoms with van der Waals surface area (Å²) in [5, 5.41) is 8.86. The van der Waals surface area contributed by atoms with E-state index in [1.165, 1.54) is 27.1 Å². The molecule has 0 heterocycles. The van der Waals surface area contributed by atoms with Crippen LogP contribution in [0.3, 0.4) is 0 Å². The summed E-state index contributed by atoms with van der Waals surface area (Å²) in [4.78, 5) is 2.31. The van der Waals surface area contributed by atoms with Crippen molar-refractivity contribution in [2.75, 3.05) is 39.3 Å². The number of halogens is 3. The smallest absolute Gasteiger partial charge is 0.0218 e. The molecule has 0 amide bonds. The largest absolute Gasteiger partial charge is 0.329 e. The molecule has 28 heavy (non-hydrogen) atoms. The molecule has 5 N–H and O–H groups in total. The molecule has 0 aliphatic heterocycles. The Kier molecular flexibility index (Phi) is 13.4. The summed E-state index contributed by atoms with van der Waals surface area (Å²) in [6, 6.07) is 19.5. The van der Waals surface area contributed by atoms with Gasteiger partial charge in [-0.05, 0) is 33.2 Å². The Hall–Kier alpha value is -1.11. The maximum atomic E-state index is 5.68. The van der Waals surface area contributed by atoms with Gasteiger partial charge in [-0.1, -0.05) is 48.5 Å². The maximum Gasteiger partial charge on any atom is 0.0218 e. The molecule has 3 aromatic carbocycles. The van der Waals surface area contributed by atoms with E-state index in [1.54, 1.807) is 0 Å². The molecule has 0 bridgehead atoms. The molecule has 0 aliphatic rings. The zero-order valence-electron chi connectivity index (χ0n) is 16.0. The van der Waals surface area contributed by atoms with Crippen molar-refractivity contribution in [2.24, 2.45) is 11.5 Å². The van der Waals surface area contributed by atoms with Crippen molar-refractivity contribution in [3.05, 3.63) is 60.2 Å². The minimum Gasteiger partial charge on any atom is -0.329 e. The van der Waals surface area contributed by atoms with Gasteiger partial charge in [0.1, 0.15) is 0 Å². The van der Waals surface area contributed by atoms with E-state index < -0.39 is 0 Å². The van der Waals surface area contributed by atoms with Crippen LogP contribution in [-0.2, 0) is 6.54 Å². The molecule has 0 saturated heterocycles. The van der Waals surface area contributed by atoms with Crippen LogP contribution in [0.2, 0.25) is 0 Å². The van der Waals surface area contributed by atoms with Crippen LogP contribution in [0.4, 0.5) is 0 Å². The van der Waals surface area contributed by atoms with Gasteiger partial charge >= 0.3 is 0 Å². The van der Waals surface area contributed by atoms with E-state index in [0.717, 1.165) is 32.7 Å². The van der Waals surface area contributed by atoms with Gasteiger partial charge in [-0.15, -0.1) is 37.2 Å². The first-order chi connectivity index (χ1) is 12.3. The van der Waals surface area contributed by atoms with Gasteiger partial charge in [-0.25, -0.2) is 0 Å². The van der Waals surface area contributed by atoms with Gasteiger partial charge < -0.3 is 16.8 Å². The Morgan fingerprint density at radius 1 is 0.714 bits per heavy atom. The second kappa shape index (κ2) is 14.0. The Morgan fingerprint density at radius 2 is 1.21 bits per heavy atom. The normalized spacial score (nSPS) is 10.4. The number of benzene rings is 3. The number of nitrogens with two attached hydrogens (primary N) is 2. The molecule has 0 spiro atoms. The second-order valence-corrected chi connectivity index (χ2v) is 6.39. The zero-order valence-corrected chi connectivity index (χ0v) is 18.4. The van der Waals surface area contributed by atoms with Crippen LogP contribution in [0.1, 0.15) is 5.56 Å². The minimum absolute atomic E-state index is 0. The van der Waals surface area contributed by atoms with Crippen LogP contribution in [0.15, 0.2) is 54.6 Å². The highest BCUT2D eigenvalue weighted by atomic mass is 35.5. The first kappa shape index (κ1) is 26.9. The van der Waals surface area contributed by atoms with Crippen molar-refractivity contribution in [3.63, 3.8) is 0 Å². The molecule has 0 atom stereocenters. The topological polar surface area (TPSA) is 67.3 Å². The van der Waals surface area contributed by atoms with E-state index in [1.807, 2.05) is 0 Å². The summed E-state index contributed by atoms with van der Waals surface area (Å²) < 4.78 is 0. The lowest BCUT2D eigenvalue weighted by Crippen LogP contribution is -2.38. The number of hydrogen-bond donors (Lipinski definition) is 3. The van der Waals surface area contributed by atoms with Crippen molar-refractivity contribution < 1.29 is 0 Å². The fraction of sp³-hybridized carbons (Fsp3) is 0.333. The molecule has 0 fully saturated rings. The SMILES string of the molecule is Cl.Cl.Cl.NCCN(CCN)CCNCc1c2ccccc2cc2ccccc12. The monoisotopic (exact) mass is 444 g/mol. The standard InChI is InChI=1S/C21H28N4.3ClH/c22-9-12-25(13-10-23)14-11-24-16-21-19-7-3-1-5-17(19)15-18-6-2-4-8-20(18)21;;;/h1-8,15,24H,9-14,16,22-23H2;3*1H. The van der Waals surface area contributed by atoms with E-state index in [4.69, 9.17) is 11.5 Å². The predicted molar refractivity (Wildman–Crippen MR) is 129 cm³/mol. The fourth-order valence-electron chi connectivity index (χ4n) is 3.45. The molecule has 4 nitrogen and oxygen atoms in total. The Morgan fingerprint density at radius 3 is 1.71 bits per heavy atom. The van der Waals surface area contributed by atoms with Crippen LogP contribution in [0.25, 0.3) is 21.5 Å². The second-order valence-electron chi connectivity index (χ2n) is 6.39. The average molecular weight is 446 g/mol. The third-order valence-corrected chi connectivity index (χ3v) is 4.68. The van der Waals surface area contributed by atoms with Crippen LogP contribution >= 0.6 is 37.2 Å². The summed E-state index contributed by atoms with van der Waals surface area (Å²) in [6.07, 6.45) is 0. The molecule has 7 heteroatoms. The summed E-state index contributed by atoms with van der Waals surface area (Å²) in [7, 11) is 0. The van der Waals surface area contributed by atoms with E-state index in [9.17, 15) is 0 Å². The average Bonchev–Trinajstić information content (AvgIpc) is 2.64. The molecule has 0 aromatic heterocycles. The van der Waals surface area contributed by atoms with E-state index in [0.29, 0.717) is 13.1 Å². The lowest BCUT2D eigenvalue weighted by molar-refractivity contribution is 0.288. The Balaban J connectivity index is 0.00000243. The quantitative estimate of drug-likeness (QED) is 0.348. The summed E-state index contributed by atoms with van der Waals surface area (Å²) in [5.74, 6) is 0. The summed E-state index contributed by atoms with van der Waals surface area (Å²) in [6.45, 7) is 5.91. The third kappa shape index (κ3) is 6.75. The number of nitrogens with zero attached hydrogens (tertiary/aromatic N) is 1. The van der Waals surface area contributed by atoms with E-state index in [2.05, 4.69) is 64.8 Å². The van der Waals surface area contributed by atoms with Gasteiger partial charge in [0.05, 0.1) is 0 Å². The lowest BCUT2D eigenvalue weighted by atomic mass is 9.97. The van der Waals surface area contributed by atoms with Crippen LogP contribution in [0, 0.1) is 0 Å². The Labute approximate surface area is 186 Å². The zero-order chi connectivity index (χ0) is 17.5. The number of hydrogen-bond acceptors (Lipinski definition) is 4. The predicted octanol–water partition coefficient (Wildman–Crippen LogP) is 3.57. The molecule has 0 saturated carbocycles. The minimum atomic E-state index is 0. The highest BCUT2D eigenvalue weighted by Gasteiger charge is 2.07. The van der Waals surface area contributed by atoms with Crippen molar-refractivity contribution in [2.45, 2.75) is 6.54 Å². The fourth-order valence-corrected chi connectivity index (χ4v) is 3.45. The molecule has 156 valence electrons. The third-order valence-electron chi connectivity index (χ3n) is 4.68. The van der Waals surface area contributed by atoms with E-state index >= 15 is 0 Å². The van der Waals surface area contributed by atoms with Crippen LogP contribution in [0.5, 0.6) is 0 Å². The molecule has 3 aromatic rings. The first-order valence-electron chi connectivity index (χ1n) is 9.06. The van der Waals surface area contributed by atoms with Crippen molar-refractivity contribution in [1.29, 1.82) is 0 Å². The van der Waals surface area contributed by atoms with Gasteiger partial charge in [0, 0.05) is 45.8 Å². The van der Waals surface area contributed by atoms with Gasteiger partial charge in [0.2, 0.25) is 0 Å². The molecular formula is C21H31Cl3N4. The van der Waals surface area contributed by atoms with Crippen LogP contribution < -0.4 is 16.8 Å². The molecule has 0 unspecified atom stereocenters. The molecule has 3 rings (SSSR count). The molecule has 0 radical (unpaired) electrons. The number of nitrogens with one attached hydrogen (secondary N) is 1. The van der Waals surface area contributed by atoms with Gasteiger partial charge in [-0.3, -0.25) is 4.90 Å². The highest BCUT2D eigenvalue weighted by molar-refractivity contribution is 6.02. The summed E-state index contributed by atoms with van der Waals surface area (Å²) >= 11 is 0. The number of fused-ring (bicyclic) bond motifs is 2. The van der Waals surface area contributed by atoms with Gasteiger partial charge in [0.25, 0.3) is 0 Å². The molecule has 0 aliphatic carbocycles.